The van der Waals surface area contributed by atoms with Crippen LogP contribution in [0.25, 0.3) is 10.9 Å². The third kappa shape index (κ3) is 6.41. The van der Waals surface area contributed by atoms with Gasteiger partial charge in [0.2, 0.25) is 0 Å². The zero-order valence-electron chi connectivity index (χ0n) is 15.7. The van der Waals surface area contributed by atoms with E-state index < -0.39 is 23.7 Å². The van der Waals surface area contributed by atoms with Gasteiger partial charge in [0.25, 0.3) is 0 Å². The molecule has 0 aliphatic rings. The number of ether oxygens (including phenoxy) is 1. The summed E-state index contributed by atoms with van der Waals surface area (Å²) < 4.78 is 5.04. The average Bonchev–Trinajstić information content (AvgIpc) is 2.98. The highest BCUT2D eigenvalue weighted by molar-refractivity contribution is 5.87. The number of ketones is 1. The highest BCUT2D eigenvalue weighted by atomic mass is 16.6. The van der Waals surface area contributed by atoms with Crippen molar-refractivity contribution in [1.29, 1.82) is 0 Å². The molecule has 1 aromatic carbocycles. The van der Waals surface area contributed by atoms with E-state index >= 15 is 0 Å². The van der Waals surface area contributed by atoms with E-state index in [-0.39, 0.29) is 25.3 Å². The van der Waals surface area contributed by atoms with Crippen LogP contribution in [0.5, 0.6) is 0 Å². The Balaban J connectivity index is 1.86. The first-order valence-corrected chi connectivity index (χ1v) is 8.65. The molecular formula is C19H25N3O5. The van der Waals surface area contributed by atoms with Crippen molar-refractivity contribution in [3.05, 3.63) is 36.0 Å². The lowest BCUT2D eigenvalue weighted by atomic mass is 10.0. The van der Waals surface area contributed by atoms with Crippen LogP contribution in [-0.4, -0.2) is 52.7 Å². The number of carboxylic acid groups (broad SMARTS) is 1. The maximum absolute atomic E-state index is 11.9. The van der Waals surface area contributed by atoms with Crippen molar-refractivity contribution in [2.45, 2.75) is 38.8 Å². The number of aliphatic carboxylic acids is 1. The van der Waals surface area contributed by atoms with Gasteiger partial charge in [0.05, 0.1) is 13.1 Å². The number of Topliss-reactive ketones (excluding diaryl/α,β-unsaturated/α-hetero) is 1. The van der Waals surface area contributed by atoms with E-state index in [9.17, 15) is 19.5 Å². The minimum absolute atomic E-state index is 0.172. The number of nitrogens with one attached hydrogen (secondary N) is 3. The molecule has 8 heteroatoms. The van der Waals surface area contributed by atoms with Gasteiger partial charge in [0, 0.05) is 23.5 Å². The predicted molar refractivity (Wildman–Crippen MR) is 101 cm³/mol. The van der Waals surface area contributed by atoms with Crippen molar-refractivity contribution < 1.29 is 24.2 Å². The molecule has 1 amide bonds. The first kappa shape index (κ1) is 20.4. The molecule has 146 valence electrons. The third-order valence-electron chi connectivity index (χ3n) is 3.77. The molecule has 1 atom stereocenters. The summed E-state index contributed by atoms with van der Waals surface area (Å²) in [5, 5.41) is 15.5. The summed E-state index contributed by atoms with van der Waals surface area (Å²) in [5.74, 6) is -1.39. The Bertz CT molecular complexity index is 822. The summed E-state index contributed by atoms with van der Waals surface area (Å²) in [6.45, 7) is 4.75. The molecule has 0 radical (unpaired) electrons. The fourth-order valence-electron chi connectivity index (χ4n) is 2.55. The van der Waals surface area contributed by atoms with Gasteiger partial charge in [-0.3, -0.25) is 14.9 Å². The SMILES string of the molecule is CC(C)(C)OC(=O)NCC(=O)CNC(Cc1c[nH]c2ccccc12)C(=O)O. The van der Waals surface area contributed by atoms with E-state index in [1.807, 2.05) is 24.3 Å². The standard InChI is InChI=1S/C19H25N3O5/c1-19(2,3)27-18(26)22-11-13(23)10-21-16(17(24)25)8-12-9-20-15-7-5-4-6-14(12)15/h4-7,9,16,20-21H,8,10-11H2,1-3H3,(H,22,26)(H,24,25). The van der Waals surface area contributed by atoms with Crippen molar-refractivity contribution in [3.63, 3.8) is 0 Å². The lowest BCUT2D eigenvalue weighted by Gasteiger charge is -2.19. The topological polar surface area (TPSA) is 121 Å². The molecule has 0 aliphatic heterocycles. The van der Waals surface area contributed by atoms with Crippen LogP contribution in [0.3, 0.4) is 0 Å². The van der Waals surface area contributed by atoms with E-state index in [1.54, 1.807) is 27.0 Å². The van der Waals surface area contributed by atoms with Crippen molar-refractivity contribution in [2.75, 3.05) is 13.1 Å². The van der Waals surface area contributed by atoms with E-state index in [1.165, 1.54) is 0 Å². The molecule has 1 heterocycles. The number of aromatic amines is 1. The minimum Gasteiger partial charge on any atom is -0.480 e. The van der Waals surface area contributed by atoms with Crippen molar-refractivity contribution in [1.82, 2.24) is 15.6 Å². The van der Waals surface area contributed by atoms with Crippen LogP contribution in [0.4, 0.5) is 4.79 Å². The second kappa shape index (κ2) is 8.68. The quantitative estimate of drug-likeness (QED) is 0.559. The van der Waals surface area contributed by atoms with Crippen LogP contribution in [0, 0.1) is 0 Å². The minimum atomic E-state index is -1.05. The van der Waals surface area contributed by atoms with Crippen LogP contribution >= 0.6 is 0 Å². The van der Waals surface area contributed by atoms with Gasteiger partial charge in [0.1, 0.15) is 11.6 Å². The Hall–Kier alpha value is -2.87. The van der Waals surface area contributed by atoms with Gasteiger partial charge < -0.3 is 20.1 Å². The number of hydrogen-bond donors (Lipinski definition) is 4. The number of H-pyrrole nitrogens is 1. The molecule has 2 rings (SSSR count). The van der Waals surface area contributed by atoms with Crippen LogP contribution in [-0.2, 0) is 20.7 Å². The van der Waals surface area contributed by atoms with Gasteiger partial charge >= 0.3 is 12.1 Å². The summed E-state index contributed by atoms with van der Waals surface area (Å²) in [6.07, 6.45) is 1.31. The number of carboxylic acids is 1. The van der Waals surface area contributed by atoms with Crippen LogP contribution in [0.2, 0.25) is 0 Å². The smallest absolute Gasteiger partial charge is 0.408 e. The Morgan fingerprint density at radius 1 is 1.19 bits per heavy atom. The number of rotatable bonds is 8. The van der Waals surface area contributed by atoms with Gasteiger partial charge in [0.15, 0.2) is 5.78 Å². The molecule has 0 aliphatic carbocycles. The summed E-state index contributed by atoms with van der Waals surface area (Å²) in [7, 11) is 0. The molecule has 4 N–H and O–H groups in total. The van der Waals surface area contributed by atoms with Crippen molar-refractivity contribution in [2.24, 2.45) is 0 Å². The van der Waals surface area contributed by atoms with Gasteiger partial charge in [-0.2, -0.15) is 0 Å². The van der Waals surface area contributed by atoms with Crippen LogP contribution < -0.4 is 10.6 Å². The van der Waals surface area contributed by atoms with Crippen LogP contribution in [0.15, 0.2) is 30.5 Å². The number of para-hydroxylation sites is 1. The lowest BCUT2D eigenvalue weighted by molar-refractivity contribution is -0.139. The highest BCUT2D eigenvalue weighted by Gasteiger charge is 2.21. The molecule has 1 unspecified atom stereocenters. The zero-order valence-corrected chi connectivity index (χ0v) is 15.7. The van der Waals surface area contributed by atoms with Gasteiger partial charge in [-0.1, -0.05) is 18.2 Å². The summed E-state index contributed by atoms with van der Waals surface area (Å²) in [5.41, 5.74) is 1.12. The number of alkyl carbamates (subject to hydrolysis) is 1. The van der Waals surface area contributed by atoms with Gasteiger partial charge in [-0.05, 0) is 32.4 Å². The molecule has 2 aromatic rings. The fraction of sp³-hybridized carbons (Fsp3) is 0.421. The molecule has 1 aromatic heterocycles. The number of amides is 1. The second-order valence-electron chi connectivity index (χ2n) is 7.23. The summed E-state index contributed by atoms with van der Waals surface area (Å²) >= 11 is 0. The number of carbonyl (C=O) groups is 3. The Labute approximate surface area is 157 Å². The number of benzene rings is 1. The third-order valence-corrected chi connectivity index (χ3v) is 3.77. The molecule has 0 bridgehead atoms. The summed E-state index contributed by atoms with van der Waals surface area (Å²) in [4.78, 5) is 38.1. The number of hydrogen-bond acceptors (Lipinski definition) is 5. The molecule has 0 spiro atoms. The maximum Gasteiger partial charge on any atom is 0.408 e. The number of carbonyl (C=O) groups excluding carboxylic acids is 2. The maximum atomic E-state index is 11.9. The van der Waals surface area contributed by atoms with Crippen molar-refractivity contribution in [3.8, 4) is 0 Å². The molecule has 27 heavy (non-hydrogen) atoms. The molecule has 0 saturated carbocycles. The molecular weight excluding hydrogens is 350 g/mol. The zero-order chi connectivity index (χ0) is 20.0. The first-order valence-electron chi connectivity index (χ1n) is 8.65. The van der Waals surface area contributed by atoms with Gasteiger partial charge in [-0.25, -0.2) is 4.79 Å². The van der Waals surface area contributed by atoms with Crippen molar-refractivity contribution >= 4 is 28.7 Å². The number of fused-ring (bicyclic) bond motifs is 1. The predicted octanol–water partition coefficient (Wildman–Crippen LogP) is 1.85. The van der Waals surface area contributed by atoms with E-state index in [2.05, 4.69) is 15.6 Å². The first-order chi connectivity index (χ1) is 12.7. The van der Waals surface area contributed by atoms with E-state index in [4.69, 9.17) is 4.74 Å². The second-order valence-corrected chi connectivity index (χ2v) is 7.23. The largest absolute Gasteiger partial charge is 0.480 e. The number of aromatic nitrogens is 1. The Kier molecular flexibility index (Phi) is 6.57. The monoisotopic (exact) mass is 375 g/mol. The Morgan fingerprint density at radius 3 is 2.56 bits per heavy atom. The molecule has 0 saturated heterocycles. The highest BCUT2D eigenvalue weighted by Crippen LogP contribution is 2.19. The lowest BCUT2D eigenvalue weighted by Crippen LogP contribution is -2.44. The van der Waals surface area contributed by atoms with E-state index in [0.717, 1.165) is 16.5 Å². The Morgan fingerprint density at radius 2 is 1.89 bits per heavy atom. The molecule has 8 nitrogen and oxygen atoms in total. The average molecular weight is 375 g/mol. The molecule has 0 fully saturated rings. The van der Waals surface area contributed by atoms with Crippen LogP contribution in [0.1, 0.15) is 26.3 Å². The normalized spacial score (nSPS) is 12.6. The summed E-state index contributed by atoms with van der Waals surface area (Å²) in [6, 6.07) is 6.68. The van der Waals surface area contributed by atoms with Gasteiger partial charge in [-0.15, -0.1) is 0 Å². The fourth-order valence-corrected chi connectivity index (χ4v) is 2.55. The van der Waals surface area contributed by atoms with E-state index in [0.29, 0.717) is 0 Å².